The number of nitrogens with one attached hydrogen (secondary N) is 1. The molecule has 2 bridgehead atoms. The van der Waals surface area contributed by atoms with Gasteiger partial charge in [0, 0.05) is 42.4 Å². The second-order valence-corrected chi connectivity index (χ2v) is 15.4. The lowest BCUT2D eigenvalue weighted by molar-refractivity contribution is -0.360. The zero-order chi connectivity index (χ0) is 35.6. The molecule has 3 aromatic carbocycles. The monoisotopic (exact) mass is 717 g/mol. The van der Waals surface area contributed by atoms with Gasteiger partial charge in [-0.2, -0.15) is 0 Å². The Balaban J connectivity index is 0.814. The summed E-state index contributed by atoms with van der Waals surface area (Å²) in [6, 6.07) is 21.4. The first-order valence-electron chi connectivity index (χ1n) is 19.0. The van der Waals surface area contributed by atoms with E-state index in [1.807, 2.05) is 16.8 Å². The van der Waals surface area contributed by atoms with Crippen LogP contribution in [-0.2, 0) is 25.8 Å². The van der Waals surface area contributed by atoms with Crippen molar-refractivity contribution in [3.05, 3.63) is 117 Å². The summed E-state index contributed by atoms with van der Waals surface area (Å²) >= 11 is 6.28. The second-order valence-electron chi connectivity index (χ2n) is 14.9. The zero-order valence-electron chi connectivity index (χ0n) is 30.4. The average Bonchev–Trinajstić information content (AvgIpc) is 3.61. The summed E-state index contributed by atoms with van der Waals surface area (Å²) < 4.78 is 13.4. The molecule has 3 N–H and O–H groups in total. The van der Waals surface area contributed by atoms with Crippen molar-refractivity contribution in [1.82, 2.24) is 19.9 Å². The van der Waals surface area contributed by atoms with Gasteiger partial charge in [-0.15, -0.1) is 5.10 Å². The molecule has 0 saturated carbocycles. The predicted octanol–water partition coefficient (Wildman–Crippen LogP) is 8.32. The van der Waals surface area contributed by atoms with Gasteiger partial charge in [0.05, 0.1) is 37.0 Å². The van der Waals surface area contributed by atoms with E-state index in [9.17, 15) is 0 Å². The van der Waals surface area contributed by atoms with Gasteiger partial charge >= 0.3 is 0 Å². The standard InChI is InChI=1S/C43H49ClN6O2/c1-51-39-24-31-16-19-49(43(30-11-4-3-5-12-30)36(31)26-40(39)52-2)17-8-7-13-34-27-50(48-47-34)18-9-6-10-28-20-29-22-32(21-28)41-38(23-29)46-37-25-33(44)14-15-35(37)42(41)45/h3-5,11-12,14-15,20,24-27,29,32,43H,6-10,13,16-19,21-23H2,1-2H3,(H2,45,46)/p+1. The molecule has 270 valence electrons. The Hall–Kier alpha value is -4.40. The van der Waals surface area contributed by atoms with E-state index in [1.54, 1.807) is 19.8 Å². The molecule has 0 saturated heterocycles. The lowest BCUT2D eigenvalue weighted by atomic mass is 9.70. The number of fused-ring (bicyclic) bond motifs is 6. The van der Waals surface area contributed by atoms with Crippen LogP contribution in [0.15, 0.2) is 78.5 Å². The number of benzene rings is 3. The van der Waals surface area contributed by atoms with Gasteiger partial charge in [0.2, 0.25) is 5.52 Å². The van der Waals surface area contributed by atoms with E-state index in [4.69, 9.17) is 26.8 Å². The van der Waals surface area contributed by atoms with Gasteiger partial charge < -0.3 is 15.2 Å². The Kier molecular flexibility index (Phi) is 10.2. The van der Waals surface area contributed by atoms with Crippen molar-refractivity contribution >= 4 is 28.2 Å². The summed E-state index contributed by atoms with van der Waals surface area (Å²) in [5, 5.41) is 10.8. The molecular weight excluding hydrogens is 668 g/mol. The number of aryl methyl sites for hydroxylation is 2. The van der Waals surface area contributed by atoms with E-state index >= 15 is 0 Å². The molecule has 9 heteroatoms. The minimum atomic E-state index is 0.197. The van der Waals surface area contributed by atoms with Crippen LogP contribution in [-0.4, -0.2) is 47.2 Å². The van der Waals surface area contributed by atoms with Gasteiger partial charge in [-0.05, 0) is 117 Å². The van der Waals surface area contributed by atoms with E-state index in [-0.39, 0.29) is 6.04 Å². The smallest absolute Gasteiger partial charge is 0.214 e. The summed E-state index contributed by atoms with van der Waals surface area (Å²) in [4.78, 5) is 6.30. The number of methoxy groups -OCH3 is 2. The summed E-state index contributed by atoms with van der Waals surface area (Å²) in [5.41, 5.74) is 18.0. The number of nitrogen functional groups attached to an aromatic ring is 1. The number of allylic oxidation sites excluding steroid dienone is 2. The molecular formula is C43H50ClN6O2+. The third-order valence-corrected chi connectivity index (χ3v) is 11.8. The first-order chi connectivity index (χ1) is 25.5. The Morgan fingerprint density at radius 1 is 0.923 bits per heavy atom. The Morgan fingerprint density at radius 2 is 1.73 bits per heavy atom. The molecule has 3 unspecified atom stereocenters. The van der Waals surface area contributed by atoms with Crippen molar-refractivity contribution in [3.8, 4) is 11.5 Å². The molecule has 3 aliphatic rings. The highest BCUT2D eigenvalue weighted by molar-refractivity contribution is 6.31. The van der Waals surface area contributed by atoms with E-state index in [0.717, 1.165) is 116 Å². The second kappa shape index (κ2) is 15.3. The number of aromatic amines is 1. The van der Waals surface area contributed by atoms with Crippen molar-refractivity contribution in [1.29, 1.82) is 0 Å². The largest absolute Gasteiger partial charge is 0.493 e. The maximum absolute atomic E-state index is 6.78. The van der Waals surface area contributed by atoms with Crippen LogP contribution in [0.1, 0.15) is 90.5 Å². The van der Waals surface area contributed by atoms with Gasteiger partial charge in [-0.25, -0.2) is 4.98 Å². The number of H-pyrrole nitrogens is 1. The van der Waals surface area contributed by atoms with Gasteiger partial charge in [0.25, 0.3) is 0 Å². The molecule has 2 aromatic heterocycles. The van der Waals surface area contributed by atoms with Crippen molar-refractivity contribution in [2.75, 3.05) is 33.0 Å². The number of hydrogen-bond donors (Lipinski definition) is 1. The van der Waals surface area contributed by atoms with Crippen molar-refractivity contribution in [2.24, 2.45) is 5.92 Å². The van der Waals surface area contributed by atoms with Crippen LogP contribution in [0.3, 0.4) is 0 Å². The highest BCUT2D eigenvalue weighted by Gasteiger charge is 2.36. The number of hydrogen-bond acceptors (Lipinski definition) is 6. The molecule has 0 fully saturated rings. The van der Waals surface area contributed by atoms with Crippen molar-refractivity contribution in [2.45, 2.75) is 82.7 Å². The maximum Gasteiger partial charge on any atom is 0.214 e. The van der Waals surface area contributed by atoms with Crippen LogP contribution < -0.4 is 20.2 Å². The number of halogens is 1. The summed E-state index contributed by atoms with van der Waals surface area (Å²) in [5.74, 6) is 2.66. The topological polar surface area (TPSA) is 92.6 Å². The van der Waals surface area contributed by atoms with Crippen LogP contribution in [0.5, 0.6) is 11.5 Å². The summed E-state index contributed by atoms with van der Waals surface area (Å²) in [7, 11) is 3.42. The molecule has 52 heavy (non-hydrogen) atoms. The number of pyridine rings is 1. The third-order valence-electron chi connectivity index (χ3n) is 11.6. The minimum Gasteiger partial charge on any atom is -0.493 e. The highest BCUT2D eigenvalue weighted by atomic mass is 35.5. The van der Waals surface area contributed by atoms with Crippen molar-refractivity contribution in [3.63, 3.8) is 0 Å². The quantitative estimate of drug-likeness (QED) is 0.0973. The fourth-order valence-electron chi connectivity index (χ4n) is 9.14. The van der Waals surface area contributed by atoms with E-state index in [2.05, 4.69) is 81.0 Å². The van der Waals surface area contributed by atoms with E-state index in [0.29, 0.717) is 11.8 Å². The first kappa shape index (κ1) is 34.7. The fraction of sp³-hybridized carbons (Fsp3) is 0.419. The number of anilines is 1. The number of nitrogens with two attached hydrogens (primary N) is 1. The predicted molar refractivity (Wildman–Crippen MR) is 207 cm³/mol. The Morgan fingerprint density at radius 3 is 2.58 bits per heavy atom. The van der Waals surface area contributed by atoms with E-state index < -0.39 is 0 Å². The molecule has 8 rings (SSSR count). The Bertz CT molecular complexity index is 2080. The van der Waals surface area contributed by atoms with Gasteiger partial charge in [-0.1, -0.05) is 58.8 Å². The molecule has 0 spiro atoms. The normalized spacial score (nSPS) is 19.6. The molecule has 8 nitrogen and oxygen atoms in total. The summed E-state index contributed by atoms with van der Waals surface area (Å²) in [6.07, 6.45) is 15.6. The lowest BCUT2D eigenvalue weighted by Gasteiger charge is -2.38. The number of aromatic nitrogens is 4. The molecule has 0 radical (unpaired) electrons. The average molecular weight is 718 g/mol. The lowest BCUT2D eigenvalue weighted by Crippen LogP contribution is -2.37. The third kappa shape index (κ3) is 7.15. The fourth-order valence-corrected chi connectivity index (χ4v) is 9.31. The van der Waals surface area contributed by atoms with Crippen molar-refractivity contribution < 1.29 is 14.5 Å². The number of rotatable bonds is 13. The Labute approximate surface area is 312 Å². The van der Waals surface area contributed by atoms with Gasteiger partial charge in [0.15, 0.2) is 17.2 Å². The molecule has 3 atom stereocenters. The number of nitrogens with zero attached hydrogens (tertiary/aromatic N) is 4. The van der Waals surface area contributed by atoms with Gasteiger partial charge in [0.1, 0.15) is 0 Å². The number of unbranched alkanes of at least 4 members (excludes halogenated alkanes) is 2. The SMILES string of the molecule is COc1cc2c(cc1OC)C(c1ccccc1)N(CCCCc1cn(CCCCC3=CC4Cc5[nH+]c6cc(Cl)ccc6c(N)c5C(C3)C4)nn1)CC2. The molecule has 5 aromatic rings. The molecule has 3 heterocycles. The molecule has 0 amide bonds. The van der Waals surface area contributed by atoms with Crippen LogP contribution in [0.2, 0.25) is 5.02 Å². The molecule has 1 aliphatic heterocycles. The maximum atomic E-state index is 6.78. The minimum absolute atomic E-state index is 0.197. The van der Waals surface area contributed by atoms with Crippen LogP contribution in [0.4, 0.5) is 5.69 Å². The zero-order valence-corrected chi connectivity index (χ0v) is 31.2. The van der Waals surface area contributed by atoms with Crippen LogP contribution in [0.25, 0.3) is 10.9 Å². The first-order valence-corrected chi connectivity index (χ1v) is 19.4. The highest BCUT2D eigenvalue weighted by Crippen LogP contribution is 2.47. The van der Waals surface area contributed by atoms with Crippen LogP contribution >= 0.6 is 11.6 Å². The van der Waals surface area contributed by atoms with E-state index in [1.165, 1.54) is 34.4 Å². The van der Waals surface area contributed by atoms with Crippen LogP contribution in [0, 0.1) is 5.92 Å². The summed E-state index contributed by atoms with van der Waals surface area (Å²) in [6.45, 7) is 2.96. The number of ether oxygens (including phenoxy) is 2. The van der Waals surface area contributed by atoms with Gasteiger partial charge in [-0.3, -0.25) is 9.58 Å². The molecule has 2 aliphatic carbocycles.